The third-order valence-electron chi connectivity index (χ3n) is 4.60. The van der Waals surface area contributed by atoms with Crippen LogP contribution in [0.3, 0.4) is 0 Å². The maximum Gasteiger partial charge on any atom is 0.352 e. The predicted molar refractivity (Wildman–Crippen MR) is 120 cm³/mol. The fourth-order valence-corrected chi connectivity index (χ4v) is 6.67. The van der Waals surface area contributed by atoms with Crippen LogP contribution < -0.4 is 11.1 Å². The van der Waals surface area contributed by atoms with E-state index in [0.29, 0.717) is 33.5 Å². The molecular weight excluding hydrogens is 480 g/mol. The fraction of sp³-hybridized carbons (Fsp3) is 0.294. The molecule has 31 heavy (non-hydrogen) atoms. The maximum absolute atomic E-state index is 12.8. The highest BCUT2D eigenvalue weighted by atomic mass is 32.2. The molecule has 0 unspecified atom stereocenters. The van der Waals surface area contributed by atoms with Crippen molar-refractivity contribution in [3.05, 3.63) is 34.6 Å². The molecule has 0 aromatic carbocycles. The lowest BCUT2D eigenvalue weighted by molar-refractivity contribution is -0.150. The van der Waals surface area contributed by atoms with Crippen LogP contribution in [0.5, 0.6) is 0 Å². The molecule has 2 aliphatic heterocycles. The van der Waals surface area contributed by atoms with E-state index in [0.717, 1.165) is 4.21 Å². The molecule has 1 fully saturated rings. The molecule has 0 aliphatic carbocycles. The van der Waals surface area contributed by atoms with E-state index in [1.807, 2.05) is 0 Å². The van der Waals surface area contributed by atoms with Crippen LogP contribution in [0.1, 0.15) is 12.6 Å². The molecular formula is C17H16N6O4S4. The molecule has 0 bridgehead atoms. The summed E-state index contributed by atoms with van der Waals surface area (Å²) in [5.41, 5.74) is 7.03. The summed E-state index contributed by atoms with van der Waals surface area (Å²) in [6, 6.07) is -0.808. The summed E-state index contributed by atoms with van der Waals surface area (Å²) < 4.78 is 4.65. The summed E-state index contributed by atoms with van der Waals surface area (Å²) in [5.74, 6) is -1.20. The van der Waals surface area contributed by atoms with Gasteiger partial charge in [0.2, 0.25) is 0 Å². The van der Waals surface area contributed by atoms with Gasteiger partial charge in [0.1, 0.15) is 21.3 Å². The van der Waals surface area contributed by atoms with E-state index in [1.54, 1.807) is 24.6 Å². The van der Waals surface area contributed by atoms with Gasteiger partial charge < -0.3 is 16.2 Å². The first kappa shape index (κ1) is 21.8. The van der Waals surface area contributed by atoms with Crippen molar-refractivity contribution in [1.29, 1.82) is 0 Å². The Labute approximate surface area is 193 Å². The third-order valence-corrected chi connectivity index (χ3v) is 8.53. The largest absolute Gasteiger partial charge is 0.477 e. The Hall–Kier alpha value is -2.42. The topological polar surface area (TPSA) is 151 Å². The van der Waals surface area contributed by atoms with Crippen molar-refractivity contribution < 1.29 is 19.5 Å². The summed E-state index contributed by atoms with van der Waals surface area (Å²) in [7, 11) is 0. The minimum Gasteiger partial charge on any atom is -0.477 e. The SMILES string of the molecule is C/C=C(\C(=O)N[C@@H]1C(=O)N2C(C(=O)O)=C(CSc3cnns3)CS[C@H]12)c1csc(N)n1. The smallest absolute Gasteiger partial charge is 0.352 e. The van der Waals surface area contributed by atoms with Crippen LogP contribution in [0.2, 0.25) is 0 Å². The van der Waals surface area contributed by atoms with Gasteiger partial charge in [0, 0.05) is 16.9 Å². The number of aliphatic carboxylic acids is 1. The van der Waals surface area contributed by atoms with Crippen molar-refractivity contribution >= 4 is 74.9 Å². The lowest BCUT2D eigenvalue weighted by Gasteiger charge is -2.49. The zero-order valence-corrected chi connectivity index (χ0v) is 19.2. The molecule has 2 aliphatic rings. The average molecular weight is 497 g/mol. The second-order valence-corrected chi connectivity index (χ2v) is 10.5. The fourth-order valence-electron chi connectivity index (χ4n) is 3.20. The number of fused-ring (bicyclic) bond motifs is 1. The summed E-state index contributed by atoms with van der Waals surface area (Å²) in [6.45, 7) is 1.70. The number of thiazole rings is 1. The lowest BCUT2D eigenvalue weighted by Crippen LogP contribution is -2.70. The van der Waals surface area contributed by atoms with Crippen molar-refractivity contribution in [1.82, 2.24) is 24.8 Å². The quantitative estimate of drug-likeness (QED) is 0.292. The predicted octanol–water partition coefficient (Wildman–Crippen LogP) is 1.51. The lowest BCUT2D eigenvalue weighted by atomic mass is 10.0. The number of nitrogens with zero attached hydrogens (tertiary/aromatic N) is 4. The summed E-state index contributed by atoms with van der Waals surface area (Å²) in [5, 5.41) is 17.8. The van der Waals surface area contributed by atoms with Gasteiger partial charge in [0.15, 0.2) is 5.13 Å². The highest BCUT2D eigenvalue weighted by Gasteiger charge is 2.54. The van der Waals surface area contributed by atoms with Crippen LogP contribution in [0.4, 0.5) is 5.13 Å². The molecule has 2 atom stereocenters. The van der Waals surface area contributed by atoms with Crippen LogP contribution in [0.25, 0.3) is 5.57 Å². The van der Waals surface area contributed by atoms with Gasteiger partial charge in [-0.05, 0) is 24.0 Å². The minimum absolute atomic E-state index is 0.0113. The molecule has 0 saturated carbocycles. The molecule has 10 nitrogen and oxygen atoms in total. The van der Waals surface area contributed by atoms with E-state index in [4.69, 9.17) is 5.73 Å². The Balaban J connectivity index is 1.48. The zero-order chi connectivity index (χ0) is 22.1. The normalized spacial score (nSPS) is 21.0. The van der Waals surface area contributed by atoms with Crippen LogP contribution in [-0.4, -0.2) is 65.3 Å². The molecule has 0 radical (unpaired) electrons. The number of hydrogen-bond acceptors (Lipinski definition) is 11. The number of carbonyl (C=O) groups is 3. The van der Waals surface area contributed by atoms with Crippen molar-refractivity contribution in [3.8, 4) is 0 Å². The maximum atomic E-state index is 12.8. The first-order valence-corrected chi connectivity index (χ1v) is 12.6. The van der Waals surface area contributed by atoms with Crippen molar-refractivity contribution in [2.75, 3.05) is 17.2 Å². The van der Waals surface area contributed by atoms with Gasteiger partial charge in [-0.2, -0.15) is 0 Å². The van der Waals surface area contributed by atoms with Crippen molar-refractivity contribution in [3.63, 3.8) is 0 Å². The number of nitrogen functional groups attached to an aromatic ring is 1. The van der Waals surface area contributed by atoms with Crippen molar-refractivity contribution in [2.24, 2.45) is 0 Å². The summed E-state index contributed by atoms with van der Waals surface area (Å²) in [6.07, 6.45) is 3.22. The molecule has 162 valence electrons. The molecule has 1 saturated heterocycles. The Morgan fingerprint density at radius 1 is 1.48 bits per heavy atom. The number of nitrogens with two attached hydrogens (primary N) is 1. The molecule has 4 N–H and O–H groups in total. The van der Waals surface area contributed by atoms with Gasteiger partial charge in [-0.15, -0.1) is 40.0 Å². The van der Waals surface area contributed by atoms with Gasteiger partial charge in [-0.3, -0.25) is 14.5 Å². The number of carbonyl (C=O) groups excluding carboxylic acids is 2. The van der Waals surface area contributed by atoms with Gasteiger partial charge in [-0.25, -0.2) is 9.78 Å². The number of amides is 2. The molecule has 2 aromatic rings. The van der Waals surface area contributed by atoms with Gasteiger partial charge in [0.05, 0.1) is 17.5 Å². The molecule has 14 heteroatoms. The Kier molecular flexibility index (Phi) is 6.31. The van der Waals surface area contributed by atoms with Crippen LogP contribution in [-0.2, 0) is 14.4 Å². The molecule has 2 amide bonds. The Bertz CT molecular complexity index is 1100. The molecule has 2 aromatic heterocycles. The van der Waals surface area contributed by atoms with E-state index in [-0.39, 0.29) is 5.70 Å². The average Bonchev–Trinajstić information content (AvgIpc) is 3.42. The second-order valence-electron chi connectivity index (χ2n) is 6.42. The van der Waals surface area contributed by atoms with Crippen molar-refractivity contribution in [2.45, 2.75) is 22.5 Å². The second kappa shape index (κ2) is 8.98. The number of allylic oxidation sites excluding steroid dienone is 1. The van der Waals surface area contributed by atoms with Gasteiger partial charge in [0.25, 0.3) is 11.8 Å². The highest BCUT2D eigenvalue weighted by molar-refractivity contribution is 8.01. The van der Waals surface area contributed by atoms with E-state index < -0.39 is 29.2 Å². The first-order valence-electron chi connectivity index (χ1n) is 8.89. The number of β-lactam (4-membered cyclic amide) rings is 1. The van der Waals surface area contributed by atoms with Gasteiger partial charge in [-0.1, -0.05) is 10.6 Å². The summed E-state index contributed by atoms with van der Waals surface area (Å²) >= 11 is 5.30. The van der Waals surface area contributed by atoms with E-state index in [1.165, 1.54) is 51.3 Å². The number of anilines is 1. The number of hydrogen-bond donors (Lipinski definition) is 3. The summed E-state index contributed by atoms with van der Waals surface area (Å²) in [4.78, 5) is 42.8. The number of rotatable bonds is 7. The Morgan fingerprint density at radius 2 is 2.29 bits per heavy atom. The minimum atomic E-state index is -1.16. The highest BCUT2D eigenvalue weighted by Crippen LogP contribution is 2.42. The monoisotopic (exact) mass is 496 g/mol. The van der Waals surface area contributed by atoms with E-state index in [9.17, 15) is 19.5 Å². The number of aromatic nitrogens is 3. The zero-order valence-electron chi connectivity index (χ0n) is 16.0. The van der Waals surface area contributed by atoms with Crippen LogP contribution in [0.15, 0.2) is 33.1 Å². The van der Waals surface area contributed by atoms with Gasteiger partial charge >= 0.3 is 5.97 Å². The Morgan fingerprint density at radius 3 is 2.90 bits per heavy atom. The van der Waals surface area contributed by atoms with Crippen LogP contribution in [0, 0.1) is 0 Å². The molecule has 4 heterocycles. The van der Waals surface area contributed by atoms with Crippen LogP contribution >= 0.6 is 46.4 Å². The molecule has 4 rings (SSSR count). The number of thioether (sulfide) groups is 2. The number of nitrogens with one attached hydrogen (secondary N) is 1. The van der Waals surface area contributed by atoms with E-state index >= 15 is 0 Å². The third kappa shape index (κ3) is 4.20. The first-order chi connectivity index (χ1) is 14.9. The molecule has 0 spiro atoms. The van der Waals surface area contributed by atoms with E-state index in [2.05, 4.69) is 19.9 Å². The number of carboxylic acid groups (broad SMARTS) is 1. The number of carboxylic acids is 1. The standard InChI is InChI=1S/C17H16N6O4S4/c1-2-8(9-6-30-17(18)20-9)13(24)21-11-14(25)23-12(16(26)27)7(5-29-15(11)23)4-28-10-3-19-22-31-10/h2-3,6,11,15H,4-5H2,1H3,(H2,18,20)(H,21,24)(H,26,27)/b8-2-/t11-,15-/m1/s1.